The summed E-state index contributed by atoms with van der Waals surface area (Å²) >= 11 is 1.88. The van der Waals surface area contributed by atoms with Crippen LogP contribution in [0, 0.1) is 0 Å². The fraction of sp³-hybridized carbons (Fsp3) is 0.625. The molecule has 0 amide bonds. The van der Waals surface area contributed by atoms with E-state index in [1.807, 2.05) is 17.3 Å². The topological polar surface area (TPSA) is 12.4 Å². The van der Waals surface area contributed by atoms with Gasteiger partial charge in [-0.1, -0.05) is 12.2 Å². The predicted octanol–water partition coefficient (Wildman–Crippen LogP) is 2.24. The minimum Gasteiger partial charge on any atom is -0.282 e. The van der Waals surface area contributed by atoms with E-state index < -0.39 is 0 Å². The van der Waals surface area contributed by atoms with Gasteiger partial charge in [-0.25, -0.2) is 0 Å². The zero-order chi connectivity index (χ0) is 6.97. The van der Waals surface area contributed by atoms with Crippen LogP contribution < -0.4 is 0 Å². The van der Waals surface area contributed by atoms with Gasteiger partial charge in [0.25, 0.3) is 0 Å². The van der Waals surface area contributed by atoms with Gasteiger partial charge in [-0.3, -0.25) is 4.99 Å². The Balaban J connectivity index is 2.07. The molecule has 0 aromatic carbocycles. The Hall–Kier alpha value is -0.240. The van der Waals surface area contributed by atoms with Gasteiger partial charge >= 0.3 is 0 Å². The number of allylic oxidation sites excluding steroid dienone is 1. The van der Waals surface area contributed by atoms with Crippen LogP contribution in [0.1, 0.15) is 19.3 Å². The largest absolute Gasteiger partial charge is 0.282 e. The molecule has 0 spiro atoms. The maximum Gasteiger partial charge on any atom is 0.0634 e. The average molecular weight is 153 g/mol. The molecule has 1 heterocycles. The highest BCUT2D eigenvalue weighted by Crippen LogP contribution is 2.35. The molecule has 1 fully saturated rings. The van der Waals surface area contributed by atoms with Crippen LogP contribution in [-0.2, 0) is 0 Å². The molecule has 2 unspecified atom stereocenters. The zero-order valence-electron chi connectivity index (χ0n) is 5.92. The molecule has 54 valence electrons. The molecule has 2 aliphatic rings. The second-order valence-corrected chi connectivity index (χ2v) is 4.08. The Bertz CT molecular complexity index is 186. The summed E-state index contributed by atoms with van der Waals surface area (Å²) in [5, 5.41) is 0.737. The van der Waals surface area contributed by atoms with Crippen LogP contribution in [0.15, 0.2) is 17.1 Å². The second-order valence-electron chi connectivity index (χ2n) is 2.99. The molecule has 1 nitrogen and oxygen atoms in total. The molecule has 0 N–H and O–H groups in total. The zero-order valence-corrected chi connectivity index (χ0v) is 6.73. The lowest BCUT2D eigenvalue weighted by molar-refractivity contribution is 0.537. The highest BCUT2D eigenvalue weighted by molar-refractivity contribution is 8.12. The summed E-state index contributed by atoms with van der Waals surface area (Å²) in [5.74, 6) is 0. The van der Waals surface area contributed by atoms with E-state index in [2.05, 4.69) is 11.6 Å². The third kappa shape index (κ3) is 1.01. The first kappa shape index (κ1) is 6.47. The SMILES string of the molecule is C=C1CCC2N=CSC2C1. The van der Waals surface area contributed by atoms with Crippen molar-refractivity contribution in [3.8, 4) is 0 Å². The van der Waals surface area contributed by atoms with Gasteiger partial charge in [-0.15, -0.1) is 11.8 Å². The molecular formula is C8H11NS. The number of nitrogens with zero attached hydrogens (tertiary/aromatic N) is 1. The lowest BCUT2D eigenvalue weighted by Crippen LogP contribution is -2.22. The Morgan fingerprint density at radius 2 is 2.60 bits per heavy atom. The van der Waals surface area contributed by atoms with Gasteiger partial charge < -0.3 is 0 Å². The Labute approximate surface area is 65.6 Å². The number of aliphatic imine (C=N–C) groups is 1. The minimum absolute atomic E-state index is 0.621. The summed E-state index contributed by atoms with van der Waals surface area (Å²) in [6.45, 7) is 4.01. The molecule has 0 aromatic heterocycles. The van der Waals surface area contributed by atoms with Crippen molar-refractivity contribution >= 4 is 17.3 Å². The summed E-state index contributed by atoms with van der Waals surface area (Å²) in [5.41, 5.74) is 3.42. The van der Waals surface area contributed by atoms with Gasteiger partial charge in [0, 0.05) is 5.25 Å². The van der Waals surface area contributed by atoms with Crippen molar-refractivity contribution in [3.63, 3.8) is 0 Å². The van der Waals surface area contributed by atoms with Crippen LogP contribution in [0.25, 0.3) is 0 Å². The first-order valence-corrected chi connectivity index (χ1v) is 4.64. The van der Waals surface area contributed by atoms with Gasteiger partial charge in [0.2, 0.25) is 0 Å². The molecule has 0 radical (unpaired) electrons. The number of rotatable bonds is 0. The molecule has 0 bridgehead atoms. The summed E-state index contributed by atoms with van der Waals surface area (Å²) in [7, 11) is 0. The predicted molar refractivity (Wildman–Crippen MR) is 46.7 cm³/mol. The highest BCUT2D eigenvalue weighted by atomic mass is 32.2. The Morgan fingerprint density at radius 3 is 3.50 bits per heavy atom. The van der Waals surface area contributed by atoms with E-state index >= 15 is 0 Å². The second kappa shape index (κ2) is 2.42. The fourth-order valence-electron chi connectivity index (χ4n) is 1.56. The van der Waals surface area contributed by atoms with Crippen LogP contribution in [-0.4, -0.2) is 16.8 Å². The monoisotopic (exact) mass is 153 g/mol. The molecule has 2 rings (SSSR count). The smallest absolute Gasteiger partial charge is 0.0634 e. The lowest BCUT2D eigenvalue weighted by Gasteiger charge is -2.23. The maximum atomic E-state index is 4.39. The van der Waals surface area contributed by atoms with Crippen molar-refractivity contribution < 1.29 is 0 Å². The Morgan fingerprint density at radius 1 is 1.70 bits per heavy atom. The van der Waals surface area contributed by atoms with E-state index in [0.717, 1.165) is 5.25 Å². The van der Waals surface area contributed by atoms with Gasteiger partial charge in [0.1, 0.15) is 0 Å². The normalized spacial score (nSPS) is 38.2. The van der Waals surface area contributed by atoms with Crippen molar-refractivity contribution in [1.29, 1.82) is 0 Å². The van der Waals surface area contributed by atoms with Crippen LogP contribution >= 0.6 is 11.8 Å². The van der Waals surface area contributed by atoms with E-state index in [1.165, 1.54) is 24.8 Å². The number of hydrogen-bond acceptors (Lipinski definition) is 2. The molecule has 2 heteroatoms. The first-order chi connectivity index (χ1) is 4.86. The standard InChI is InChI=1S/C8H11NS/c1-6-2-3-7-8(4-6)10-5-9-7/h5,7-8H,1-4H2. The summed E-state index contributed by atoms with van der Waals surface area (Å²) in [6, 6.07) is 0.621. The maximum absolute atomic E-state index is 4.39. The van der Waals surface area contributed by atoms with E-state index in [4.69, 9.17) is 0 Å². The fourth-order valence-corrected chi connectivity index (χ4v) is 2.66. The molecule has 2 atom stereocenters. The third-order valence-corrected chi connectivity index (χ3v) is 3.27. The molecule has 1 saturated carbocycles. The van der Waals surface area contributed by atoms with E-state index in [0.29, 0.717) is 6.04 Å². The van der Waals surface area contributed by atoms with Crippen LogP contribution in [0.4, 0.5) is 0 Å². The number of fused-ring (bicyclic) bond motifs is 1. The molecule has 1 aliphatic heterocycles. The molecule has 10 heavy (non-hydrogen) atoms. The average Bonchev–Trinajstić information content (AvgIpc) is 2.33. The Kier molecular flexibility index (Phi) is 1.57. The molecular weight excluding hydrogens is 142 g/mol. The first-order valence-electron chi connectivity index (χ1n) is 3.70. The summed E-state index contributed by atoms with van der Waals surface area (Å²) in [4.78, 5) is 4.39. The van der Waals surface area contributed by atoms with Gasteiger partial charge in [-0.05, 0) is 19.3 Å². The van der Waals surface area contributed by atoms with E-state index in [1.54, 1.807) is 0 Å². The van der Waals surface area contributed by atoms with Crippen molar-refractivity contribution in [3.05, 3.63) is 12.2 Å². The molecule has 0 saturated heterocycles. The molecule has 0 aromatic rings. The van der Waals surface area contributed by atoms with E-state index in [-0.39, 0.29) is 0 Å². The van der Waals surface area contributed by atoms with Crippen LogP contribution in [0.3, 0.4) is 0 Å². The number of thioether (sulfide) groups is 1. The summed E-state index contributed by atoms with van der Waals surface area (Å²) in [6.07, 6.45) is 3.61. The van der Waals surface area contributed by atoms with Gasteiger partial charge in [0.15, 0.2) is 0 Å². The third-order valence-electron chi connectivity index (χ3n) is 2.20. The van der Waals surface area contributed by atoms with Crippen LogP contribution in [0.2, 0.25) is 0 Å². The lowest BCUT2D eigenvalue weighted by atomic mass is 9.92. The molecule has 1 aliphatic carbocycles. The minimum atomic E-state index is 0.621. The highest BCUT2D eigenvalue weighted by Gasteiger charge is 2.28. The quantitative estimate of drug-likeness (QED) is 0.486. The van der Waals surface area contributed by atoms with Gasteiger partial charge in [-0.2, -0.15) is 0 Å². The van der Waals surface area contributed by atoms with Crippen molar-refractivity contribution in [1.82, 2.24) is 0 Å². The number of hydrogen-bond donors (Lipinski definition) is 0. The van der Waals surface area contributed by atoms with Crippen molar-refractivity contribution in [2.75, 3.05) is 0 Å². The van der Waals surface area contributed by atoms with Crippen LogP contribution in [0.5, 0.6) is 0 Å². The van der Waals surface area contributed by atoms with Gasteiger partial charge in [0.05, 0.1) is 11.6 Å². The summed E-state index contributed by atoms with van der Waals surface area (Å²) < 4.78 is 0. The van der Waals surface area contributed by atoms with Crippen molar-refractivity contribution in [2.24, 2.45) is 4.99 Å². The van der Waals surface area contributed by atoms with Crippen molar-refractivity contribution in [2.45, 2.75) is 30.6 Å². The van der Waals surface area contributed by atoms with E-state index in [9.17, 15) is 0 Å².